The van der Waals surface area contributed by atoms with Crippen molar-refractivity contribution in [1.82, 2.24) is 4.98 Å². The van der Waals surface area contributed by atoms with E-state index < -0.39 is 10.2 Å². The molecule has 0 radical (unpaired) electrons. The molecule has 2 heterocycles. The van der Waals surface area contributed by atoms with Gasteiger partial charge >= 0.3 is 0 Å². The zero-order valence-electron chi connectivity index (χ0n) is 14.0. The van der Waals surface area contributed by atoms with Crippen molar-refractivity contribution < 1.29 is 17.9 Å². The monoisotopic (exact) mass is 371 g/mol. The highest BCUT2D eigenvalue weighted by Crippen LogP contribution is 2.35. The zero-order valence-corrected chi connectivity index (χ0v) is 14.9. The lowest BCUT2D eigenvalue weighted by Gasteiger charge is -2.16. The molecule has 8 heteroatoms. The molecule has 26 heavy (non-hydrogen) atoms. The van der Waals surface area contributed by atoms with E-state index in [4.69, 9.17) is 14.6 Å². The van der Waals surface area contributed by atoms with Gasteiger partial charge in [-0.2, -0.15) is 8.42 Å². The van der Waals surface area contributed by atoms with E-state index in [2.05, 4.69) is 4.98 Å². The summed E-state index contributed by atoms with van der Waals surface area (Å²) in [6.07, 6.45) is 2.27. The number of methoxy groups -OCH3 is 1. The summed E-state index contributed by atoms with van der Waals surface area (Å²) in [6.45, 7) is 0.343. The maximum absolute atomic E-state index is 11.6. The third kappa shape index (κ3) is 2.93. The molecule has 7 nitrogen and oxygen atoms in total. The number of nitrogens with zero attached hydrogens (tertiary/aromatic N) is 2. The van der Waals surface area contributed by atoms with Crippen LogP contribution in [0.5, 0.6) is 17.2 Å². The van der Waals surface area contributed by atoms with E-state index in [-0.39, 0.29) is 0 Å². The normalized spacial score (nSPS) is 13.7. The van der Waals surface area contributed by atoms with Gasteiger partial charge in [-0.05, 0) is 48.4 Å². The number of aromatic nitrogens is 1. The molecule has 1 aliphatic heterocycles. The molecule has 134 valence electrons. The SMILES string of the molecule is COc1ccc2c(Oc3ccc4c(c3)CCN4S(N)(=O)=O)ccnc2c1. The summed E-state index contributed by atoms with van der Waals surface area (Å²) < 4.78 is 35.7. The number of nitrogens with two attached hydrogens (primary N) is 1. The second-order valence-electron chi connectivity index (χ2n) is 5.95. The molecule has 0 saturated heterocycles. The van der Waals surface area contributed by atoms with Crippen LogP contribution in [-0.4, -0.2) is 27.1 Å². The molecule has 2 N–H and O–H groups in total. The predicted octanol–water partition coefficient (Wildman–Crippen LogP) is 2.60. The smallest absolute Gasteiger partial charge is 0.299 e. The highest BCUT2D eigenvalue weighted by Gasteiger charge is 2.27. The number of ether oxygens (including phenoxy) is 2. The van der Waals surface area contributed by atoms with Crippen molar-refractivity contribution in [2.75, 3.05) is 18.0 Å². The van der Waals surface area contributed by atoms with E-state index in [9.17, 15) is 8.42 Å². The van der Waals surface area contributed by atoms with Crippen LogP contribution in [0.1, 0.15) is 5.56 Å². The van der Waals surface area contributed by atoms with Gasteiger partial charge in [0.2, 0.25) is 0 Å². The highest BCUT2D eigenvalue weighted by atomic mass is 32.2. The van der Waals surface area contributed by atoms with E-state index in [1.165, 1.54) is 4.31 Å². The Hall–Kier alpha value is -2.84. The Labute approximate surface area is 151 Å². The molecule has 1 aromatic heterocycles. The average Bonchev–Trinajstić information content (AvgIpc) is 3.05. The lowest BCUT2D eigenvalue weighted by molar-refractivity contribution is 0.415. The molecule has 1 aliphatic rings. The molecule has 0 aliphatic carbocycles. The van der Waals surface area contributed by atoms with Gasteiger partial charge in [-0.3, -0.25) is 9.29 Å². The summed E-state index contributed by atoms with van der Waals surface area (Å²) in [4.78, 5) is 4.34. The molecule has 4 rings (SSSR count). The largest absolute Gasteiger partial charge is 0.497 e. The van der Waals surface area contributed by atoms with E-state index >= 15 is 0 Å². The Kier molecular flexibility index (Phi) is 3.93. The van der Waals surface area contributed by atoms with Crippen LogP contribution < -0.4 is 18.9 Å². The van der Waals surface area contributed by atoms with E-state index in [0.29, 0.717) is 30.2 Å². The Morgan fingerprint density at radius 1 is 1.12 bits per heavy atom. The van der Waals surface area contributed by atoms with Gasteiger partial charge in [0.1, 0.15) is 17.2 Å². The van der Waals surface area contributed by atoms with Crippen LogP contribution in [0.15, 0.2) is 48.7 Å². The average molecular weight is 371 g/mol. The quantitative estimate of drug-likeness (QED) is 0.761. The van der Waals surface area contributed by atoms with E-state index in [1.807, 2.05) is 24.3 Å². The lowest BCUT2D eigenvalue weighted by Crippen LogP contribution is -2.35. The van der Waals surface area contributed by atoms with Gasteiger partial charge in [0.25, 0.3) is 10.2 Å². The predicted molar refractivity (Wildman–Crippen MR) is 99.0 cm³/mol. The first-order valence-corrected chi connectivity index (χ1v) is 9.50. The van der Waals surface area contributed by atoms with Gasteiger partial charge in [0, 0.05) is 24.2 Å². The van der Waals surface area contributed by atoms with Gasteiger partial charge in [0.15, 0.2) is 0 Å². The molecule has 0 saturated carbocycles. The maximum Gasteiger partial charge on any atom is 0.299 e. The first-order chi connectivity index (χ1) is 12.5. The van der Waals surface area contributed by atoms with Crippen molar-refractivity contribution in [3.63, 3.8) is 0 Å². The third-order valence-corrected chi connectivity index (χ3v) is 5.34. The van der Waals surface area contributed by atoms with Crippen LogP contribution in [0.4, 0.5) is 5.69 Å². The van der Waals surface area contributed by atoms with Crippen molar-refractivity contribution in [2.24, 2.45) is 5.14 Å². The van der Waals surface area contributed by atoms with Gasteiger partial charge in [0.05, 0.1) is 18.3 Å². The molecule has 0 atom stereocenters. The van der Waals surface area contributed by atoms with Crippen molar-refractivity contribution in [3.05, 3.63) is 54.2 Å². The van der Waals surface area contributed by atoms with Crippen molar-refractivity contribution in [2.45, 2.75) is 6.42 Å². The minimum atomic E-state index is -3.75. The van der Waals surface area contributed by atoms with Crippen molar-refractivity contribution in [3.8, 4) is 17.2 Å². The number of hydrogen-bond donors (Lipinski definition) is 1. The van der Waals surface area contributed by atoms with Crippen LogP contribution in [0, 0.1) is 0 Å². The minimum Gasteiger partial charge on any atom is -0.497 e. The number of benzene rings is 2. The summed E-state index contributed by atoms with van der Waals surface area (Å²) in [6, 6.07) is 12.7. The molecule has 0 unspecified atom stereocenters. The number of anilines is 1. The minimum absolute atomic E-state index is 0.343. The van der Waals surface area contributed by atoms with Gasteiger partial charge in [-0.25, -0.2) is 5.14 Å². The Bertz CT molecular complexity index is 1100. The van der Waals surface area contributed by atoms with E-state index in [0.717, 1.165) is 22.2 Å². The Balaban J connectivity index is 1.68. The maximum atomic E-state index is 11.6. The molecule has 0 fully saturated rings. The van der Waals surface area contributed by atoms with Crippen LogP contribution in [0.25, 0.3) is 10.9 Å². The first-order valence-electron chi connectivity index (χ1n) is 8.00. The summed E-state index contributed by atoms with van der Waals surface area (Å²) >= 11 is 0. The molecular formula is C18H17N3O4S. The summed E-state index contributed by atoms with van der Waals surface area (Å²) in [7, 11) is -2.14. The van der Waals surface area contributed by atoms with Crippen molar-refractivity contribution >= 4 is 26.8 Å². The van der Waals surface area contributed by atoms with Gasteiger partial charge in [-0.1, -0.05) is 0 Å². The number of hydrogen-bond acceptors (Lipinski definition) is 5. The van der Waals surface area contributed by atoms with Crippen LogP contribution >= 0.6 is 0 Å². The van der Waals surface area contributed by atoms with Crippen LogP contribution in [-0.2, 0) is 16.6 Å². The molecule has 0 bridgehead atoms. The fourth-order valence-electron chi connectivity index (χ4n) is 3.12. The first kappa shape index (κ1) is 16.6. The summed E-state index contributed by atoms with van der Waals surface area (Å²) in [5.41, 5.74) is 2.25. The molecule has 2 aromatic carbocycles. The second kappa shape index (κ2) is 6.15. The van der Waals surface area contributed by atoms with Gasteiger partial charge in [-0.15, -0.1) is 0 Å². The summed E-state index contributed by atoms with van der Waals surface area (Å²) in [5, 5.41) is 6.11. The fraction of sp³-hybridized carbons (Fsp3) is 0.167. The van der Waals surface area contributed by atoms with Crippen molar-refractivity contribution in [1.29, 1.82) is 0 Å². The van der Waals surface area contributed by atoms with Gasteiger partial charge < -0.3 is 9.47 Å². The number of fused-ring (bicyclic) bond motifs is 2. The number of pyridine rings is 1. The number of rotatable bonds is 4. The fourth-order valence-corrected chi connectivity index (χ4v) is 3.92. The second-order valence-corrected chi connectivity index (χ2v) is 7.42. The third-order valence-electron chi connectivity index (χ3n) is 4.35. The van der Waals surface area contributed by atoms with Crippen LogP contribution in [0.2, 0.25) is 0 Å². The summed E-state index contributed by atoms with van der Waals surface area (Å²) in [5.74, 6) is 2.02. The topological polar surface area (TPSA) is 94.7 Å². The molecule has 3 aromatic rings. The molecule has 0 amide bonds. The Morgan fingerprint density at radius 2 is 1.92 bits per heavy atom. The van der Waals surface area contributed by atoms with Crippen LogP contribution in [0.3, 0.4) is 0 Å². The standard InChI is InChI=1S/C18H17N3O4S/c1-24-13-2-4-15-16(11-13)20-8-6-18(15)25-14-3-5-17-12(10-14)7-9-21(17)26(19,22)23/h2-6,8,10-11H,7,9H2,1H3,(H2,19,22,23). The highest BCUT2D eigenvalue weighted by molar-refractivity contribution is 7.90. The Morgan fingerprint density at radius 3 is 2.69 bits per heavy atom. The lowest BCUT2D eigenvalue weighted by atomic mass is 10.1. The molecule has 0 spiro atoms. The van der Waals surface area contributed by atoms with E-state index in [1.54, 1.807) is 31.5 Å². The molecular weight excluding hydrogens is 354 g/mol. The zero-order chi connectivity index (χ0) is 18.3.